The predicted octanol–water partition coefficient (Wildman–Crippen LogP) is -2.37. The van der Waals surface area contributed by atoms with E-state index < -0.39 is 23.9 Å². The van der Waals surface area contributed by atoms with Crippen molar-refractivity contribution in [3.8, 4) is 0 Å². The highest BCUT2D eigenvalue weighted by Gasteiger charge is 2.52. The maximum absolute atomic E-state index is 10.2. The van der Waals surface area contributed by atoms with Crippen LogP contribution in [0, 0.1) is 5.92 Å². The van der Waals surface area contributed by atoms with Crippen molar-refractivity contribution in [2.24, 2.45) is 17.4 Å². The number of carboxylic acid groups (broad SMARTS) is 2. The van der Waals surface area contributed by atoms with Gasteiger partial charge in [-0.2, -0.15) is 0 Å². The second-order valence-corrected chi connectivity index (χ2v) is 2.34. The van der Waals surface area contributed by atoms with Gasteiger partial charge >= 0.3 is 11.9 Å². The summed E-state index contributed by atoms with van der Waals surface area (Å²) in [7, 11) is 0. The van der Waals surface area contributed by atoms with Gasteiger partial charge in [0, 0.05) is 0 Å². The Hall–Kier alpha value is -1.47. The molecule has 0 amide bonds. The fourth-order valence-electron chi connectivity index (χ4n) is 0.534. The van der Waals surface area contributed by atoms with Crippen LogP contribution in [0.2, 0.25) is 0 Å². The summed E-state index contributed by atoms with van der Waals surface area (Å²) >= 11 is 0. The fraction of sp³-hybridized carbons (Fsp3) is 0.500. The van der Waals surface area contributed by atoms with Crippen LogP contribution in [-0.4, -0.2) is 40.5 Å². The van der Waals surface area contributed by atoms with Gasteiger partial charge in [0.25, 0.3) is 0 Å². The standard InChI is InChI=1S/C4H5NO3.C2H5NO2/c5-2-1(3(2)6)4(7)8;3-1-2(4)5/h1-2H,5H2,(H,7,8);1,3H2,(H,4,5). The van der Waals surface area contributed by atoms with Gasteiger partial charge in [-0.05, 0) is 0 Å². The van der Waals surface area contributed by atoms with E-state index in [0.717, 1.165) is 0 Å². The number of carboxylic acids is 2. The van der Waals surface area contributed by atoms with Gasteiger partial charge in [-0.3, -0.25) is 14.4 Å². The Morgan fingerprint density at radius 1 is 1.38 bits per heavy atom. The molecule has 0 heterocycles. The Bertz CT molecular complexity index is 231. The molecule has 0 aromatic carbocycles. The lowest BCUT2D eigenvalue weighted by molar-refractivity contribution is -0.139. The van der Waals surface area contributed by atoms with E-state index in [9.17, 15) is 14.4 Å². The Kier molecular flexibility index (Phi) is 4.02. The van der Waals surface area contributed by atoms with Gasteiger partial charge in [0.15, 0.2) is 5.78 Å². The zero-order valence-electron chi connectivity index (χ0n) is 6.64. The summed E-state index contributed by atoms with van der Waals surface area (Å²) in [6, 6.07) is -0.729. The summed E-state index contributed by atoms with van der Waals surface area (Å²) in [5.74, 6) is -3.35. The number of carbonyl (C=O) groups excluding carboxylic acids is 1. The number of carbonyl (C=O) groups is 3. The van der Waals surface area contributed by atoms with Crippen molar-refractivity contribution in [3.63, 3.8) is 0 Å². The van der Waals surface area contributed by atoms with Crippen LogP contribution >= 0.6 is 0 Å². The van der Waals surface area contributed by atoms with E-state index in [1.807, 2.05) is 0 Å². The monoisotopic (exact) mass is 190 g/mol. The molecule has 1 saturated carbocycles. The van der Waals surface area contributed by atoms with Crippen LogP contribution in [0.3, 0.4) is 0 Å². The molecule has 0 bridgehead atoms. The van der Waals surface area contributed by atoms with Crippen molar-refractivity contribution in [2.45, 2.75) is 6.04 Å². The van der Waals surface area contributed by atoms with Gasteiger partial charge in [0.05, 0.1) is 12.6 Å². The van der Waals surface area contributed by atoms with Gasteiger partial charge in [-0.25, -0.2) is 0 Å². The highest BCUT2D eigenvalue weighted by Crippen LogP contribution is 2.21. The number of hydrogen-bond donors (Lipinski definition) is 4. The summed E-state index contributed by atoms with van der Waals surface area (Å²) in [4.78, 5) is 29.3. The molecule has 0 aromatic heterocycles. The van der Waals surface area contributed by atoms with Crippen LogP contribution in [0.1, 0.15) is 0 Å². The Labute approximate surface area is 73.3 Å². The Balaban J connectivity index is 0.000000252. The van der Waals surface area contributed by atoms with Gasteiger partial charge < -0.3 is 21.7 Å². The van der Waals surface area contributed by atoms with Gasteiger partial charge in [0.1, 0.15) is 5.92 Å². The minimum atomic E-state index is -1.11. The van der Waals surface area contributed by atoms with Crippen molar-refractivity contribution >= 4 is 17.7 Å². The first kappa shape index (κ1) is 11.5. The lowest BCUT2D eigenvalue weighted by atomic mass is 10.4. The van der Waals surface area contributed by atoms with E-state index in [-0.39, 0.29) is 12.3 Å². The molecule has 0 spiro atoms. The highest BCUT2D eigenvalue weighted by molar-refractivity contribution is 6.16. The second-order valence-electron chi connectivity index (χ2n) is 2.34. The number of aliphatic carboxylic acids is 2. The molecule has 0 radical (unpaired) electrons. The SMILES string of the molecule is NC1C(=O)C1C(=O)O.NCC(=O)O. The minimum absolute atomic E-state index is 0.278. The van der Waals surface area contributed by atoms with Crippen molar-refractivity contribution in [3.05, 3.63) is 0 Å². The molecule has 7 nitrogen and oxygen atoms in total. The fourth-order valence-corrected chi connectivity index (χ4v) is 0.534. The van der Waals surface area contributed by atoms with Crippen LogP contribution < -0.4 is 11.5 Å². The van der Waals surface area contributed by atoms with Gasteiger partial charge in [-0.15, -0.1) is 0 Å². The number of nitrogens with two attached hydrogens (primary N) is 2. The first-order chi connectivity index (χ1) is 5.91. The van der Waals surface area contributed by atoms with Crippen LogP contribution in [0.15, 0.2) is 0 Å². The van der Waals surface area contributed by atoms with Crippen molar-refractivity contribution in [2.75, 3.05) is 6.54 Å². The molecule has 2 atom stereocenters. The highest BCUT2D eigenvalue weighted by atomic mass is 16.4. The predicted molar refractivity (Wildman–Crippen MR) is 40.8 cm³/mol. The summed E-state index contributed by atoms with van der Waals surface area (Å²) in [5.41, 5.74) is 9.55. The summed E-state index contributed by atoms with van der Waals surface area (Å²) < 4.78 is 0. The van der Waals surface area contributed by atoms with Crippen LogP contribution in [0.25, 0.3) is 0 Å². The number of hydrogen-bond acceptors (Lipinski definition) is 5. The van der Waals surface area contributed by atoms with E-state index in [1.165, 1.54) is 0 Å². The minimum Gasteiger partial charge on any atom is -0.481 e. The molecule has 1 aliphatic rings. The van der Waals surface area contributed by atoms with Gasteiger partial charge in [0.2, 0.25) is 0 Å². The molecule has 1 rings (SSSR count). The molecule has 13 heavy (non-hydrogen) atoms. The summed E-state index contributed by atoms with van der Waals surface area (Å²) in [6.07, 6.45) is 0. The third-order valence-electron chi connectivity index (χ3n) is 1.33. The first-order valence-electron chi connectivity index (χ1n) is 3.35. The third kappa shape index (κ3) is 3.63. The maximum Gasteiger partial charge on any atom is 0.317 e. The summed E-state index contributed by atoms with van der Waals surface area (Å²) in [5, 5.41) is 15.7. The zero-order valence-corrected chi connectivity index (χ0v) is 6.64. The molecule has 1 aliphatic carbocycles. The maximum atomic E-state index is 10.2. The zero-order chi connectivity index (χ0) is 10.6. The summed E-state index contributed by atoms with van der Waals surface area (Å²) in [6.45, 7) is -0.278. The average Bonchev–Trinajstić information content (AvgIpc) is 2.61. The molecule has 0 saturated heterocycles. The average molecular weight is 190 g/mol. The molecule has 6 N–H and O–H groups in total. The smallest absolute Gasteiger partial charge is 0.317 e. The van der Waals surface area contributed by atoms with E-state index in [1.54, 1.807) is 0 Å². The Morgan fingerprint density at radius 2 is 1.69 bits per heavy atom. The molecule has 1 fully saturated rings. The molecular formula is C6H10N2O5. The van der Waals surface area contributed by atoms with Crippen molar-refractivity contribution in [1.29, 1.82) is 0 Å². The largest absolute Gasteiger partial charge is 0.481 e. The molecular weight excluding hydrogens is 180 g/mol. The number of ketones is 1. The van der Waals surface area contributed by atoms with E-state index >= 15 is 0 Å². The number of Topliss-reactive ketones (excluding diaryl/α,β-unsaturated/α-hetero) is 1. The van der Waals surface area contributed by atoms with E-state index in [0.29, 0.717) is 0 Å². The Morgan fingerprint density at radius 3 is 1.69 bits per heavy atom. The topological polar surface area (TPSA) is 144 Å². The molecule has 0 aromatic rings. The quantitative estimate of drug-likeness (QED) is 0.356. The molecule has 7 heteroatoms. The lowest BCUT2D eigenvalue weighted by Crippen LogP contribution is -2.10. The van der Waals surface area contributed by atoms with E-state index in [2.05, 4.69) is 5.73 Å². The van der Waals surface area contributed by atoms with E-state index in [4.69, 9.17) is 15.9 Å². The lowest BCUT2D eigenvalue weighted by Gasteiger charge is -1.77. The van der Waals surface area contributed by atoms with Crippen molar-refractivity contribution in [1.82, 2.24) is 0 Å². The van der Waals surface area contributed by atoms with Crippen LogP contribution in [-0.2, 0) is 14.4 Å². The van der Waals surface area contributed by atoms with Crippen LogP contribution in [0.4, 0.5) is 0 Å². The number of rotatable bonds is 2. The molecule has 74 valence electrons. The second kappa shape index (κ2) is 4.53. The third-order valence-corrected chi connectivity index (χ3v) is 1.33. The first-order valence-corrected chi connectivity index (χ1v) is 3.35. The molecule has 2 unspecified atom stereocenters. The molecule has 0 aliphatic heterocycles. The van der Waals surface area contributed by atoms with Gasteiger partial charge in [-0.1, -0.05) is 0 Å². The normalized spacial score (nSPS) is 24.3. The van der Waals surface area contributed by atoms with Crippen LogP contribution in [0.5, 0.6) is 0 Å². The van der Waals surface area contributed by atoms with Crippen molar-refractivity contribution < 1.29 is 24.6 Å².